The number of piperidine rings is 1. The van der Waals surface area contributed by atoms with Gasteiger partial charge in [-0.3, -0.25) is 14.9 Å². The number of nitro groups is 1. The Kier molecular flexibility index (Phi) is 3.57. The standard InChI is InChI=1S/C12H17N3O4/c1-7(2)14-10(16)5-3-8(13)12(14)9-4-6-11(19-9)15(17)18/h4,6-8,12H,3,5,13H2,1-2H3. The summed E-state index contributed by atoms with van der Waals surface area (Å²) in [5, 5.41) is 10.7. The second-order valence-electron chi connectivity index (χ2n) is 4.98. The van der Waals surface area contributed by atoms with Crippen LogP contribution < -0.4 is 5.73 Å². The summed E-state index contributed by atoms with van der Waals surface area (Å²) in [7, 11) is 0. The molecular formula is C12H17N3O4. The number of carbonyl (C=O) groups is 1. The summed E-state index contributed by atoms with van der Waals surface area (Å²) < 4.78 is 5.21. The van der Waals surface area contributed by atoms with Crippen molar-refractivity contribution < 1.29 is 14.1 Å². The maximum absolute atomic E-state index is 12.0. The van der Waals surface area contributed by atoms with Gasteiger partial charge in [0.05, 0.1) is 6.07 Å². The maximum atomic E-state index is 12.0. The zero-order valence-electron chi connectivity index (χ0n) is 10.9. The van der Waals surface area contributed by atoms with Crippen molar-refractivity contribution in [1.82, 2.24) is 4.90 Å². The van der Waals surface area contributed by atoms with Gasteiger partial charge >= 0.3 is 5.88 Å². The predicted molar refractivity (Wildman–Crippen MR) is 67.3 cm³/mol. The second kappa shape index (κ2) is 5.00. The van der Waals surface area contributed by atoms with Crippen LogP contribution in [0.2, 0.25) is 0 Å². The Morgan fingerprint density at radius 1 is 1.53 bits per heavy atom. The van der Waals surface area contributed by atoms with Crippen LogP contribution in [0.1, 0.15) is 38.5 Å². The lowest BCUT2D eigenvalue weighted by atomic mass is 9.93. The molecule has 2 rings (SSSR count). The van der Waals surface area contributed by atoms with Crippen molar-refractivity contribution in [2.24, 2.45) is 5.73 Å². The van der Waals surface area contributed by atoms with Crippen LogP contribution in [0.4, 0.5) is 5.88 Å². The second-order valence-corrected chi connectivity index (χ2v) is 4.98. The zero-order chi connectivity index (χ0) is 14.2. The van der Waals surface area contributed by atoms with E-state index in [2.05, 4.69) is 0 Å². The van der Waals surface area contributed by atoms with Gasteiger partial charge in [0.1, 0.15) is 16.7 Å². The largest absolute Gasteiger partial charge is 0.433 e. The highest BCUT2D eigenvalue weighted by molar-refractivity contribution is 5.78. The number of furan rings is 1. The number of nitrogens with two attached hydrogens (primary N) is 1. The van der Waals surface area contributed by atoms with E-state index in [1.807, 2.05) is 13.8 Å². The molecule has 1 aliphatic rings. The van der Waals surface area contributed by atoms with E-state index in [1.165, 1.54) is 12.1 Å². The molecule has 0 aliphatic carbocycles. The minimum atomic E-state index is -0.598. The van der Waals surface area contributed by atoms with Crippen LogP contribution in [0.3, 0.4) is 0 Å². The first-order valence-corrected chi connectivity index (χ1v) is 6.22. The first-order valence-electron chi connectivity index (χ1n) is 6.22. The topological polar surface area (TPSA) is 103 Å². The van der Waals surface area contributed by atoms with Crippen LogP contribution in [-0.2, 0) is 4.79 Å². The maximum Gasteiger partial charge on any atom is 0.433 e. The van der Waals surface area contributed by atoms with Crippen LogP contribution in [-0.4, -0.2) is 27.8 Å². The van der Waals surface area contributed by atoms with Crippen LogP contribution in [0.25, 0.3) is 0 Å². The van der Waals surface area contributed by atoms with Crippen molar-refractivity contribution in [1.29, 1.82) is 0 Å². The summed E-state index contributed by atoms with van der Waals surface area (Å²) in [6, 6.07) is 2.07. The van der Waals surface area contributed by atoms with Crippen LogP contribution in [0, 0.1) is 10.1 Å². The van der Waals surface area contributed by atoms with Crippen molar-refractivity contribution in [3.8, 4) is 0 Å². The highest BCUT2D eigenvalue weighted by atomic mass is 16.6. The predicted octanol–water partition coefficient (Wildman–Crippen LogP) is 1.59. The SMILES string of the molecule is CC(C)N1C(=O)CCC(N)C1c1ccc([N+](=O)[O-])o1. The monoisotopic (exact) mass is 267 g/mol. The van der Waals surface area contributed by atoms with Gasteiger partial charge in [-0.2, -0.15) is 0 Å². The minimum Gasteiger partial charge on any atom is -0.404 e. The Bertz CT molecular complexity index is 497. The molecule has 0 saturated carbocycles. The molecule has 0 spiro atoms. The summed E-state index contributed by atoms with van der Waals surface area (Å²) in [6.07, 6.45) is 0.958. The molecule has 2 unspecified atom stereocenters. The number of amides is 1. The molecule has 0 aromatic carbocycles. The van der Waals surface area contributed by atoms with E-state index in [-0.39, 0.29) is 23.9 Å². The Balaban J connectivity index is 2.36. The first kappa shape index (κ1) is 13.5. The normalized spacial score (nSPS) is 24.0. The number of carbonyl (C=O) groups excluding carboxylic acids is 1. The van der Waals surface area contributed by atoms with Gasteiger partial charge in [0.15, 0.2) is 0 Å². The quantitative estimate of drug-likeness (QED) is 0.661. The molecule has 1 amide bonds. The van der Waals surface area contributed by atoms with Crippen molar-refractivity contribution in [2.75, 3.05) is 0 Å². The summed E-state index contributed by atoms with van der Waals surface area (Å²) in [5.74, 6) is 0.0469. The number of nitrogens with zero attached hydrogens (tertiary/aromatic N) is 2. The molecule has 1 aromatic heterocycles. The fourth-order valence-electron chi connectivity index (χ4n) is 2.50. The van der Waals surface area contributed by atoms with E-state index >= 15 is 0 Å². The molecular weight excluding hydrogens is 250 g/mol. The van der Waals surface area contributed by atoms with Gasteiger partial charge in [-0.25, -0.2) is 0 Å². The minimum absolute atomic E-state index is 0.000697. The Morgan fingerprint density at radius 2 is 2.21 bits per heavy atom. The van der Waals surface area contributed by atoms with Gasteiger partial charge < -0.3 is 15.1 Å². The summed E-state index contributed by atoms with van der Waals surface area (Å²) in [5.41, 5.74) is 6.06. The van der Waals surface area contributed by atoms with Gasteiger partial charge in [0, 0.05) is 18.5 Å². The van der Waals surface area contributed by atoms with Crippen molar-refractivity contribution in [3.05, 3.63) is 28.0 Å². The van der Waals surface area contributed by atoms with Crippen LogP contribution >= 0.6 is 0 Å². The van der Waals surface area contributed by atoms with Crippen molar-refractivity contribution in [3.63, 3.8) is 0 Å². The molecule has 2 atom stereocenters. The van der Waals surface area contributed by atoms with Crippen LogP contribution in [0.5, 0.6) is 0 Å². The molecule has 1 aliphatic heterocycles. The molecule has 0 bridgehead atoms. The third-order valence-corrected chi connectivity index (χ3v) is 3.33. The van der Waals surface area contributed by atoms with E-state index in [4.69, 9.17) is 10.2 Å². The van der Waals surface area contributed by atoms with Crippen molar-refractivity contribution >= 4 is 11.8 Å². The Hall–Kier alpha value is -1.89. The lowest BCUT2D eigenvalue weighted by Crippen LogP contribution is -2.51. The molecule has 1 fully saturated rings. The van der Waals surface area contributed by atoms with E-state index in [0.29, 0.717) is 18.6 Å². The molecule has 7 nitrogen and oxygen atoms in total. The van der Waals surface area contributed by atoms with E-state index < -0.39 is 11.0 Å². The fourth-order valence-corrected chi connectivity index (χ4v) is 2.50. The summed E-state index contributed by atoms with van der Waals surface area (Å²) >= 11 is 0. The first-order chi connectivity index (χ1) is 8.91. The molecule has 19 heavy (non-hydrogen) atoms. The smallest absolute Gasteiger partial charge is 0.404 e. The Labute approximate surface area is 110 Å². The van der Waals surface area contributed by atoms with Crippen molar-refractivity contribution in [2.45, 2.75) is 44.8 Å². The Morgan fingerprint density at radius 3 is 2.74 bits per heavy atom. The average molecular weight is 267 g/mol. The molecule has 0 radical (unpaired) electrons. The van der Waals surface area contributed by atoms with Gasteiger partial charge in [0.25, 0.3) is 0 Å². The van der Waals surface area contributed by atoms with Gasteiger partial charge in [-0.15, -0.1) is 0 Å². The molecule has 104 valence electrons. The zero-order valence-corrected chi connectivity index (χ0v) is 10.9. The van der Waals surface area contributed by atoms with Gasteiger partial charge in [-0.05, 0) is 26.3 Å². The average Bonchev–Trinajstić information content (AvgIpc) is 2.80. The molecule has 2 N–H and O–H groups in total. The van der Waals surface area contributed by atoms with Gasteiger partial charge in [-0.1, -0.05) is 0 Å². The summed E-state index contributed by atoms with van der Waals surface area (Å²) in [6.45, 7) is 3.78. The molecule has 2 heterocycles. The number of rotatable bonds is 3. The highest BCUT2D eigenvalue weighted by Crippen LogP contribution is 2.34. The fraction of sp³-hybridized carbons (Fsp3) is 0.583. The lowest BCUT2D eigenvalue weighted by Gasteiger charge is -2.40. The van der Waals surface area contributed by atoms with Gasteiger partial charge in [0.2, 0.25) is 5.91 Å². The highest BCUT2D eigenvalue weighted by Gasteiger charge is 2.38. The molecule has 1 saturated heterocycles. The van der Waals surface area contributed by atoms with E-state index in [0.717, 1.165) is 0 Å². The molecule has 1 aromatic rings. The van der Waals surface area contributed by atoms with Crippen LogP contribution in [0.15, 0.2) is 16.5 Å². The number of hydrogen-bond acceptors (Lipinski definition) is 5. The van der Waals surface area contributed by atoms with E-state index in [1.54, 1.807) is 4.90 Å². The molecule has 7 heteroatoms. The third kappa shape index (κ3) is 2.46. The number of hydrogen-bond donors (Lipinski definition) is 1. The summed E-state index contributed by atoms with van der Waals surface area (Å²) in [4.78, 5) is 23.7. The third-order valence-electron chi connectivity index (χ3n) is 3.33. The lowest BCUT2D eigenvalue weighted by molar-refractivity contribution is -0.402. The van der Waals surface area contributed by atoms with E-state index in [9.17, 15) is 14.9 Å². The number of likely N-dealkylation sites (tertiary alicyclic amines) is 1.